The summed E-state index contributed by atoms with van der Waals surface area (Å²) in [6.45, 7) is -0.283. The highest BCUT2D eigenvalue weighted by Crippen LogP contribution is 2.28. The van der Waals surface area contributed by atoms with Gasteiger partial charge < -0.3 is 20.1 Å². The molecule has 0 saturated carbocycles. The van der Waals surface area contributed by atoms with Gasteiger partial charge in [-0.05, 0) is 48.0 Å². The molecular weight excluding hydrogens is 482 g/mol. The number of aromatic amines is 1. The lowest BCUT2D eigenvalue weighted by molar-refractivity contribution is -0.139. The average Bonchev–Trinajstić information content (AvgIpc) is 3.42. The maximum Gasteiger partial charge on any atom is 0.341 e. The fraction of sp³-hybridized carbons (Fsp3) is 0.143. The lowest BCUT2D eigenvalue weighted by atomic mass is 10.2. The molecule has 0 radical (unpaired) electrons. The molecule has 2 aromatic carbocycles. The van der Waals surface area contributed by atoms with Gasteiger partial charge in [0.05, 0.1) is 33.5 Å². The predicted molar refractivity (Wildman–Crippen MR) is 126 cm³/mol. The third-order valence-electron chi connectivity index (χ3n) is 4.58. The second-order valence-electron chi connectivity index (χ2n) is 7.18. The molecule has 0 aliphatic carbocycles. The molecular formula is C21H19N5O6S2. The summed E-state index contributed by atoms with van der Waals surface area (Å²) in [6, 6.07) is 10.9. The monoisotopic (exact) mass is 501 g/mol. The molecule has 4 N–H and O–H groups in total. The molecule has 0 bridgehead atoms. The lowest BCUT2D eigenvalue weighted by Crippen LogP contribution is -2.28. The van der Waals surface area contributed by atoms with Crippen molar-refractivity contribution in [1.29, 1.82) is 0 Å². The number of ether oxygens (including phenoxy) is 1. The Morgan fingerprint density at radius 2 is 1.94 bits per heavy atom. The van der Waals surface area contributed by atoms with E-state index in [1.807, 2.05) is 0 Å². The van der Waals surface area contributed by atoms with Crippen molar-refractivity contribution in [2.45, 2.75) is 11.4 Å². The summed E-state index contributed by atoms with van der Waals surface area (Å²) in [6.07, 6.45) is 2.75. The number of sulfone groups is 1. The van der Waals surface area contributed by atoms with Crippen LogP contribution in [0.25, 0.3) is 21.5 Å². The van der Waals surface area contributed by atoms with E-state index in [-0.39, 0.29) is 11.4 Å². The number of thiazole rings is 1. The number of carboxylic acid groups (broad SMARTS) is 1. The molecule has 11 nitrogen and oxygen atoms in total. The number of amides is 2. The summed E-state index contributed by atoms with van der Waals surface area (Å²) in [5, 5.41) is 14.3. The van der Waals surface area contributed by atoms with E-state index < -0.39 is 28.4 Å². The molecule has 0 unspecified atom stereocenters. The van der Waals surface area contributed by atoms with Gasteiger partial charge in [0.25, 0.3) is 0 Å². The molecule has 4 rings (SSSR count). The summed E-state index contributed by atoms with van der Waals surface area (Å²) >= 11 is 1.17. The second-order valence-corrected chi connectivity index (χ2v) is 10.2. The van der Waals surface area contributed by atoms with E-state index in [1.165, 1.54) is 23.5 Å². The summed E-state index contributed by atoms with van der Waals surface area (Å²) in [5.41, 5.74) is 2.12. The highest BCUT2D eigenvalue weighted by molar-refractivity contribution is 7.90. The number of aliphatic carboxylic acids is 1. The smallest absolute Gasteiger partial charge is 0.341 e. The second kappa shape index (κ2) is 9.49. The third kappa shape index (κ3) is 5.68. The van der Waals surface area contributed by atoms with E-state index in [0.717, 1.165) is 17.5 Å². The normalized spacial score (nSPS) is 11.3. The van der Waals surface area contributed by atoms with Gasteiger partial charge in [0.2, 0.25) is 0 Å². The van der Waals surface area contributed by atoms with Crippen molar-refractivity contribution >= 4 is 48.5 Å². The first-order valence-corrected chi connectivity index (χ1v) is 12.5. The van der Waals surface area contributed by atoms with Gasteiger partial charge in [-0.1, -0.05) is 11.3 Å². The van der Waals surface area contributed by atoms with Gasteiger partial charge in [-0.2, -0.15) is 0 Å². The minimum Gasteiger partial charge on any atom is -0.482 e. The molecule has 0 saturated heterocycles. The number of carbonyl (C=O) groups excluding carboxylic acids is 1. The lowest BCUT2D eigenvalue weighted by Gasteiger charge is -2.04. The van der Waals surface area contributed by atoms with Crippen molar-refractivity contribution in [2.75, 3.05) is 18.2 Å². The number of carboxylic acids is 1. The zero-order chi connectivity index (χ0) is 24.3. The van der Waals surface area contributed by atoms with Gasteiger partial charge >= 0.3 is 12.0 Å². The van der Waals surface area contributed by atoms with Crippen LogP contribution < -0.4 is 15.4 Å². The quantitative estimate of drug-likeness (QED) is 0.286. The van der Waals surface area contributed by atoms with Crippen LogP contribution in [0.5, 0.6) is 5.75 Å². The number of urea groups is 1. The number of carbonyl (C=O) groups is 2. The number of hydrogen-bond donors (Lipinski definition) is 4. The summed E-state index contributed by atoms with van der Waals surface area (Å²) in [4.78, 5) is 34.7. The first-order chi connectivity index (χ1) is 16.2. The highest BCUT2D eigenvalue weighted by Gasteiger charge is 2.13. The largest absolute Gasteiger partial charge is 0.482 e. The molecule has 176 valence electrons. The molecule has 0 aliphatic rings. The summed E-state index contributed by atoms with van der Waals surface area (Å²) in [7, 11) is -3.33. The maximum absolute atomic E-state index is 12.3. The molecule has 2 heterocycles. The van der Waals surface area contributed by atoms with E-state index in [2.05, 4.69) is 25.6 Å². The van der Waals surface area contributed by atoms with Crippen molar-refractivity contribution < 1.29 is 27.9 Å². The Balaban J connectivity index is 1.33. The van der Waals surface area contributed by atoms with Gasteiger partial charge in [0.15, 0.2) is 21.6 Å². The van der Waals surface area contributed by atoms with Crippen LogP contribution in [-0.2, 0) is 21.2 Å². The van der Waals surface area contributed by atoms with Gasteiger partial charge in [0.1, 0.15) is 11.6 Å². The Bertz CT molecular complexity index is 1460. The molecule has 13 heteroatoms. The fourth-order valence-corrected chi connectivity index (χ4v) is 4.59. The SMILES string of the molecule is CS(=O)(=O)c1ccc2nc(NC(=O)NCc3ncc(-c4ccc(OCC(=O)O)cc4)[nH]3)sc2c1. The van der Waals surface area contributed by atoms with Crippen LogP contribution in [-0.4, -0.2) is 53.3 Å². The third-order valence-corrected chi connectivity index (χ3v) is 6.62. The highest BCUT2D eigenvalue weighted by atomic mass is 32.2. The Kier molecular flexibility index (Phi) is 6.47. The number of anilines is 1. The molecule has 2 amide bonds. The van der Waals surface area contributed by atoms with Crippen LogP contribution in [0.4, 0.5) is 9.93 Å². The van der Waals surface area contributed by atoms with Crippen molar-refractivity contribution in [2.24, 2.45) is 0 Å². The number of hydrogen-bond acceptors (Lipinski definition) is 8. The van der Waals surface area contributed by atoms with Gasteiger partial charge in [-0.3, -0.25) is 5.32 Å². The Morgan fingerprint density at radius 3 is 2.65 bits per heavy atom. The first kappa shape index (κ1) is 23.2. The van der Waals surface area contributed by atoms with Crippen LogP contribution in [0.1, 0.15) is 5.82 Å². The number of nitrogens with one attached hydrogen (secondary N) is 3. The van der Waals surface area contributed by atoms with Crippen LogP contribution in [0, 0.1) is 0 Å². The number of imidazole rings is 1. The number of fused-ring (bicyclic) bond motifs is 1. The van der Waals surface area contributed by atoms with Crippen LogP contribution >= 0.6 is 11.3 Å². The van der Waals surface area contributed by atoms with Crippen molar-refractivity contribution in [3.8, 4) is 17.0 Å². The molecule has 0 aliphatic heterocycles. The van der Waals surface area contributed by atoms with E-state index in [0.29, 0.717) is 26.9 Å². The summed E-state index contributed by atoms with van der Waals surface area (Å²) < 4.78 is 29.2. The summed E-state index contributed by atoms with van der Waals surface area (Å²) in [5.74, 6) is -0.0897. The number of benzene rings is 2. The van der Waals surface area contributed by atoms with Gasteiger partial charge in [-0.15, -0.1) is 0 Å². The van der Waals surface area contributed by atoms with Gasteiger partial charge in [0, 0.05) is 6.26 Å². The predicted octanol–water partition coefficient (Wildman–Crippen LogP) is 2.88. The number of H-pyrrole nitrogens is 1. The standard InChI is InChI=1S/C21H19N5O6S2/c1-34(30,31)14-6-7-15-17(8-14)33-21(25-15)26-20(29)23-10-18-22-9-16(24-18)12-2-4-13(5-3-12)32-11-19(27)28/h2-9H,10-11H2,1H3,(H,22,24)(H,27,28)(H2,23,25,26,29). The molecule has 2 aromatic heterocycles. The van der Waals surface area contributed by atoms with Crippen molar-refractivity contribution in [3.63, 3.8) is 0 Å². The number of aromatic nitrogens is 3. The van der Waals surface area contributed by atoms with E-state index >= 15 is 0 Å². The van der Waals surface area contributed by atoms with Crippen molar-refractivity contribution in [1.82, 2.24) is 20.3 Å². The fourth-order valence-electron chi connectivity index (χ4n) is 2.97. The minimum atomic E-state index is -3.33. The number of nitrogens with zero attached hydrogens (tertiary/aromatic N) is 2. The Morgan fingerprint density at radius 1 is 1.18 bits per heavy atom. The molecule has 4 aromatic rings. The topological polar surface area (TPSA) is 163 Å². The Hall–Kier alpha value is -3.97. The molecule has 34 heavy (non-hydrogen) atoms. The first-order valence-electron chi connectivity index (χ1n) is 9.82. The van der Waals surface area contributed by atoms with Crippen LogP contribution in [0.3, 0.4) is 0 Å². The molecule has 0 spiro atoms. The molecule has 0 atom stereocenters. The maximum atomic E-state index is 12.3. The minimum absolute atomic E-state index is 0.134. The van der Waals surface area contributed by atoms with E-state index in [1.54, 1.807) is 36.5 Å². The van der Waals surface area contributed by atoms with Crippen molar-refractivity contribution in [3.05, 3.63) is 54.5 Å². The van der Waals surface area contributed by atoms with Gasteiger partial charge in [-0.25, -0.2) is 28.0 Å². The van der Waals surface area contributed by atoms with E-state index in [4.69, 9.17) is 9.84 Å². The van der Waals surface area contributed by atoms with Crippen LogP contribution in [0.15, 0.2) is 53.6 Å². The zero-order valence-electron chi connectivity index (χ0n) is 17.7. The van der Waals surface area contributed by atoms with Crippen LogP contribution in [0.2, 0.25) is 0 Å². The Labute approximate surface area is 197 Å². The van der Waals surface area contributed by atoms with E-state index in [9.17, 15) is 18.0 Å². The average molecular weight is 502 g/mol. The molecule has 0 fully saturated rings. The zero-order valence-corrected chi connectivity index (χ0v) is 19.4. The number of rotatable bonds is 8.